The largest absolute Gasteiger partial charge is 0.478 e. The highest BCUT2D eigenvalue weighted by atomic mass is 16.4. The number of hydrogen-bond donors (Lipinski definition) is 6. The highest BCUT2D eigenvalue weighted by Crippen LogP contribution is 2.39. The van der Waals surface area contributed by atoms with E-state index in [9.17, 15) is 39.6 Å². The predicted molar refractivity (Wildman–Crippen MR) is 358 cm³/mol. The van der Waals surface area contributed by atoms with Crippen LogP contribution in [0.25, 0.3) is 90.9 Å². The number of nitrogens with one attached hydrogen (secondary N) is 2. The van der Waals surface area contributed by atoms with Crippen LogP contribution in [-0.4, -0.2) is 64.2 Å². The Labute approximate surface area is 526 Å². The molecule has 0 aliphatic carbocycles. The van der Waals surface area contributed by atoms with Gasteiger partial charge in [0.05, 0.1) is 45.0 Å². The zero-order chi connectivity index (χ0) is 63.2. The minimum atomic E-state index is -1.02. The zero-order valence-corrected chi connectivity index (χ0v) is 48.4. The molecule has 2 aliphatic heterocycles. The fraction of sp³-hybridized carbons (Fsp3) is 0. The highest BCUT2D eigenvalue weighted by Gasteiger charge is 2.20. The fourth-order valence-corrected chi connectivity index (χ4v) is 10.8. The summed E-state index contributed by atoms with van der Waals surface area (Å²) in [5, 5.41) is 38.1. The van der Waals surface area contributed by atoms with Crippen LogP contribution in [0.1, 0.15) is 109 Å². The number of aromatic nitrogens is 4. The smallest absolute Gasteiger partial charge is 0.335 e. The van der Waals surface area contributed by atoms with Gasteiger partial charge in [0.2, 0.25) is 0 Å². The molecule has 0 saturated heterocycles. The second-order valence-corrected chi connectivity index (χ2v) is 21.4. The van der Waals surface area contributed by atoms with E-state index in [1.165, 1.54) is 48.5 Å². The van der Waals surface area contributed by atoms with Crippen LogP contribution < -0.4 is 0 Å². The lowest BCUT2D eigenvalue weighted by Gasteiger charge is -2.08. The molecule has 8 aromatic carbocycles. The van der Waals surface area contributed by atoms with Crippen LogP contribution in [0.2, 0.25) is 0 Å². The summed E-state index contributed by atoms with van der Waals surface area (Å²) in [6, 6.07) is 65.3. The van der Waals surface area contributed by atoms with Gasteiger partial charge in [0, 0.05) is 88.8 Å². The van der Waals surface area contributed by atoms with Crippen molar-refractivity contribution < 1.29 is 39.6 Å². The molecule has 0 saturated carbocycles. The molecule has 11 aromatic rings. The lowest BCUT2D eigenvalue weighted by molar-refractivity contribution is 0.0686. The number of rotatable bonds is 8. The fourth-order valence-electron chi connectivity index (χ4n) is 10.8. The first-order chi connectivity index (χ1) is 44.8. The molecule has 0 unspecified atom stereocenters. The van der Waals surface area contributed by atoms with E-state index in [4.69, 9.17) is 9.97 Å². The van der Waals surface area contributed by atoms with E-state index in [0.29, 0.717) is 67.3 Å². The molecular formula is C80H46N4O8. The van der Waals surface area contributed by atoms with Gasteiger partial charge in [0.15, 0.2) is 0 Å². The van der Waals surface area contributed by atoms with Crippen molar-refractivity contribution in [3.05, 3.63) is 308 Å². The third-order valence-corrected chi connectivity index (χ3v) is 15.3. The first kappa shape index (κ1) is 57.5. The summed E-state index contributed by atoms with van der Waals surface area (Å²) in [5.74, 6) is 21.9. The summed E-state index contributed by atoms with van der Waals surface area (Å²) in [4.78, 5) is 65.2. The summed E-state index contributed by atoms with van der Waals surface area (Å²) in [6.07, 6.45) is 7.99. The van der Waals surface area contributed by atoms with Crippen LogP contribution in [0.5, 0.6) is 0 Å². The number of carbonyl (C=O) groups is 4. The predicted octanol–water partition coefficient (Wildman–Crippen LogP) is 15.7. The van der Waals surface area contributed by atoms with Crippen molar-refractivity contribution in [3.8, 4) is 91.9 Å². The van der Waals surface area contributed by atoms with E-state index in [2.05, 4.69) is 57.3 Å². The molecule has 12 nitrogen and oxygen atoms in total. The topological polar surface area (TPSA) is 207 Å². The summed E-state index contributed by atoms with van der Waals surface area (Å²) in [5.41, 5.74) is 17.9. The maximum absolute atomic E-state index is 11.6. The van der Waals surface area contributed by atoms with Crippen molar-refractivity contribution in [2.75, 3.05) is 0 Å². The molecule has 12 heteroatoms. The molecule has 0 amide bonds. The Morgan fingerprint density at radius 2 is 0.467 bits per heavy atom. The van der Waals surface area contributed by atoms with Crippen LogP contribution in [0.3, 0.4) is 0 Å². The molecule has 2 aliphatic rings. The number of carboxylic acid groups (broad SMARTS) is 4. The van der Waals surface area contributed by atoms with E-state index < -0.39 is 23.9 Å². The first-order valence-corrected chi connectivity index (χ1v) is 28.8. The number of H-pyrrole nitrogens is 2. The maximum Gasteiger partial charge on any atom is 0.335 e. The third-order valence-electron chi connectivity index (χ3n) is 15.3. The summed E-state index contributed by atoms with van der Waals surface area (Å²) >= 11 is 0. The Morgan fingerprint density at radius 3 is 0.674 bits per heavy atom. The number of hydrogen-bond acceptors (Lipinski definition) is 6. The molecule has 13 rings (SSSR count). The Balaban J connectivity index is 1.06. The molecule has 0 fully saturated rings. The van der Waals surface area contributed by atoms with Gasteiger partial charge in [-0.05, 0) is 216 Å². The van der Waals surface area contributed by atoms with Crippen LogP contribution in [0.15, 0.2) is 218 Å². The Bertz CT molecular complexity index is 4740. The number of aromatic amines is 2. The van der Waals surface area contributed by atoms with Gasteiger partial charge in [-0.2, -0.15) is 0 Å². The molecule has 6 N–H and O–H groups in total. The van der Waals surface area contributed by atoms with Crippen molar-refractivity contribution in [2.45, 2.75) is 0 Å². The van der Waals surface area contributed by atoms with Crippen LogP contribution in [0, 0.1) is 47.4 Å². The molecule has 5 heterocycles. The molecule has 434 valence electrons. The average Bonchev–Trinajstić information content (AvgIpc) is 1.64. The second-order valence-electron chi connectivity index (χ2n) is 21.4. The molecule has 0 atom stereocenters. The van der Waals surface area contributed by atoms with Crippen molar-refractivity contribution >= 4 is 70.2 Å². The minimum Gasteiger partial charge on any atom is -0.478 e. The van der Waals surface area contributed by atoms with Gasteiger partial charge in [-0.1, -0.05) is 95.9 Å². The summed E-state index contributed by atoms with van der Waals surface area (Å²) in [7, 11) is 0. The van der Waals surface area contributed by atoms with Gasteiger partial charge in [-0.3, -0.25) is 0 Å². The molecule has 0 radical (unpaired) electrons. The van der Waals surface area contributed by atoms with Gasteiger partial charge >= 0.3 is 23.9 Å². The van der Waals surface area contributed by atoms with Crippen molar-refractivity contribution in [2.24, 2.45) is 0 Å². The van der Waals surface area contributed by atoms with Crippen LogP contribution >= 0.6 is 0 Å². The zero-order valence-electron chi connectivity index (χ0n) is 48.4. The lowest BCUT2D eigenvalue weighted by Crippen LogP contribution is -1.94. The third kappa shape index (κ3) is 12.5. The van der Waals surface area contributed by atoms with Crippen molar-refractivity contribution in [1.29, 1.82) is 0 Å². The summed E-state index contributed by atoms with van der Waals surface area (Å²) < 4.78 is 0. The first-order valence-electron chi connectivity index (χ1n) is 28.8. The van der Waals surface area contributed by atoms with Crippen LogP contribution in [-0.2, 0) is 0 Å². The standard InChI is InChI=1S/C80H46N4O8/c85-77(86)57-29-21-49(22-30-57)13-17-53-5-1-9-61(45-53)73-65-37-39-67(81-65)74(62-10-2-6-54(46-62)18-14-50-23-31-58(32-24-50)78(87)88)69-41-43-71(83-69)76(64-12-4-8-56(48-64)20-16-52-27-35-60(36-28-52)80(91)92)72-44-42-70(84-72)75(68-40-38-66(73)82-68)63-11-3-7-55(47-63)19-15-51-25-33-59(34-26-51)79(89)90/h1-12,21-48,81,84H,(H,85,86)(H,87,88)(H,89,90)(H,91,92). The number of fused-ring (bicyclic) bond motifs is 8. The SMILES string of the molecule is O=C(O)c1ccc(C#Cc2cccc(-c3c4nc(c(-c5cccc(C#Cc6ccc(C(=O)O)cc6)c5)c5ccc([nH]5)c(-c5cccc(C#Cc6ccc(C(=O)O)cc6)c5)c5nc(c(-c6cccc(C#Cc7ccc(C(=O)O)cc7)c6)c6ccc3[nH]6)C=C5)C=C4)c2)cc1. The van der Waals surface area contributed by atoms with Gasteiger partial charge in [0.1, 0.15) is 0 Å². The lowest BCUT2D eigenvalue weighted by atomic mass is 10.0. The molecular weight excluding hydrogens is 1140 g/mol. The van der Waals surface area contributed by atoms with E-state index in [1.807, 2.05) is 146 Å². The second kappa shape index (κ2) is 25.1. The van der Waals surface area contributed by atoms with Crippen molar-refractivity contribution in [1.82, 2.24) is 19.9 Å². The van der Waals surface area contributed by atoms with Gasteiger partial charge in [-0.25, -0.2) is 29.1 Å². The monoisotopic (exact) mass is 1190 g/mol. The maximum atomic E-state index is 11.6. The Hall–Kier alpha value is -13.5. The quantitative estimate of drug-likeness (QED) is 0.0794. The normalized spacial score (nSPS) is 11.0. The number of benzene rings is 8. The van der Waals surface area contributed by atoms with E-state index >= 15 is 0 Å². The van der Waals surface area contributed by atoms with Gasteiger partial charge < -0.3 is 30.4 Å². The van der Waals surface area contributed by atoms with Gasteiger partial charge in [-0.15, -0.1) is 0 Å². The Morgan fingerprint density at radius 1 is 0.261 bits per heavy atom. The van der Waals surface area contributed by atoms with Crippen LogP contribution in [0.4, 0.5) is 0 Å². The van der Waals surface area contributed by atoms with Crippen molar-refractivity contribution in [3.63, 3.8) is 0 Å². The average molecular weight is 1190 g/mol. The number of aromatic carboxylic acids is 4. The van der Waals surface area contributed by atoms with E-state index in [1.54, 1.807) is 48.5 Å². The van der Waals surface area contributed by atoms with E-state index in [-0.39, 0.29) is 22.3 Å². The highest BCUT2D eigenvalue weighted by molar-refractivity contribution is 6.01. The van der Waals surface area contributed by atoms with Gasteiger partial charge in [0.25, 0.3) is 0 Å². The number of nitrogens with zero attached hydrogens (tertiary/aromatic N) is 2. The Kier molecular flexibility index (Phi) is 15.7. The van der Waals surface area contributed by atoms with E-state index in [0.717, 1.165) is 66.6 Å². The summed E-state index contributed by atoms with van der Waals surface area (Å²) in [6.45, 7) is 0. The minimum absolute atomic E-state index is 0.165. The molecule has 92 heavy (non-hydrogen) atoms. The number of carboxylic acids is 4. The molecule has 3 aromatic heterocycles. The molecule has 8 bridgehead atoms. The molecule has 0 spiro atoms.